The number of hydrogen-bond acceptors (Lipinski definition) is 2. The summed E-state index contributed by atoms with van der Waals surface area (Å²) in [7, 11) is 0. The monoisotopic (exact) mass is 173 g/mol. The molecule has 73 valence electrons. The van der Waals surface area contributed by atoms with E-state index in [9.17, 15) is 0 Å². The summed E-state index contributed by atoms with van der Waals surface area (Å²) in [6.45, 7) is 11.6. The van der Waals surface area contributed by atoms with Crippen molar-refractivity contribution in [3.63, 3.8) is 0 Å². The van der Waals surface area contributed by atoms with Gasteiger partial charge >= 0.3 is 0 Å². The minimum Gasteiger partial charge on any atom is -0.381 e. The first kappa shape index (κ1) is 11.9. The van der Waals surface area contributed by atoms with Gasteiger partial charge in [-0.25, -0.2) is 0 Å². The first-order valence-electron chi connectivity index (χ1n) is 4.73. The maximum Gasteiger partial charge on any atom is 0.0601 e. The summed E-state index contributed by atoms with van der Waals surface area (Å²) < 4.78 is 10.8. The molecule has 0 fully saturated rings. The van der Waals surface area contributed by atoms with Crippen LogP contribution in [0.3, 0.4) is 0 Å². The van der Waals surface area contributed by atoms with Gasteiger partial charge in [-0.2, -0.15) is 0 Å². The summed E-state index contributed by atoms with van der Waals surface area (Å²) in [5, 5.41) is 0. The second kappa shape index (κ2) is 7.56. The zero-order chi connectivity index (χ0) is 9.40. The Balaban J connectivity index is 3.14. The molecule has 0 spiro atoms. The van der Waals surface area contributed by atoms with Crippen molar-refractivity contribution in [1.29, 1.82) is 0 Å². The second-order valence-electron chi connectivity index (χ2n) is 3.21. The summed E-state index contributed by atoms with van der Waals surface area (Å²) in [5.74, 6) is 0. The highest BCUT2D eigenvalue weighted by atomic mass is 16.5. The fraction of sp³-hybridized carbons (Fsp3) is 0.900. The van der Waals surface area contributed by atoms with E-state index in [-0.39, 0.29) is 12.2 Å². The van der Waals surface area contributed by atoms with Gasteiger partial charge in [0.2, 0.25) is 0 Å². The molecule has 1 radical (unpaired) electrons. The van der Waals surface area contributed by atoms with E-state index in [2.05, 4.69) is 13.8 Å². The van der Waals surface area contributed by atoms with Crippen LogP contribution in [0.25, 0.3) is 0 Å². The van der Waals surface area contributed by atoms with Crippen LogP contribution in [-0.4, -0.2) is 25.4 Å². The van der Waals surface area contributed by atoms with Gasteiger partial charge in [0, 0.05) is 13.2 Å². The molecule has 0 aliphatic heterocycles. The lowest BCUT2D eigenvalue weighted by Gasteiger charge is -2.15. The average Bonchev–Trinajstić information content (AvgIpc) is 1.97. The topological polar surface area (TPSA) is 18.5 Å². The Morgan fingerprint density at radius 3 is 2.42 bits per heavy atom. The smallest absolute Gasteiger partial charge is 0.0601 e. The molecule has 0 aromatic heterocycles. The van der Waals surface area contributed by atoms with E-state index in [1.165, 1.54) is 0 Å². The van der Waals surface area contributed by atoms with Gasteiger partial charge in [-0.15, -0.1) is 0 Å². The third-order valence-electron chi connectivity index (χ3n) is 1.40. The third kappa shape index (κ3) is 8.02. The van der Waals surface area contributed by atoms with Crippen molar-refractivity contribution in [2.24, 2.45) is 0 Å². The number of hydrogen-bond donors (Lipinski definition) is 0. The van der Waals surface area contributed by atoms with Gasteiger partial charge in [-0.3, -0.25) is 0 Å². The Bertz CT molecular complexity index is 91.8. The van der Waals surface area contributed by atoms with Crippen LogP contribution in [-0.2, 0) is 9.47 Å². The highest BCUT2D eigenvalue weighted by molar-refractivity contribution is 4.60. The van der Waals surface area contributed by atoms with Gasteiger partial charge in [0.1, 0.15) is 0 Å². The predicted molar refractivity (Wildman–Crippen MR) is 51.1 cm³/mol. The van der Waals surface area contributed by atoms with E-state index in [1.807, 2.05) is 13.8 Å². The van der Waals surface area contributed by atoms with Gasteiger partial charge in [0.15, 0.2) is 0 Å². The molecule has 12 heavy (non-hydrogen) atoms. The van der Waals surface area contributed by atoms with Crippen LogP contribution in [0.5, 0.6) is 0 Å². The van der Waals surface area contributed by atoms with Crippen molar-refractivity contribution >= 4 is 0 Å². The molecule has 0 rings (SSSR count). The lowest BCUT2D eigenvalue weighted by Crippen LogP contribution is -2.16. The van der Waals surface area contributed by atoms with Crippen LogP contribution in [0.15, 0.2) is 0 Å². The summed E-state index contributed by atoms with van der Waals surface area (Å²) in [6, 6.07) is 0. The first-order chi connectivity index (χ1) is 5.66. The zero-order valence-corrected chi connectivity index (χ0v) is 8.51. The summed E-state index contributed by atoms with van der Waals surface area (Å²) in [5.41, 5.74) is 0. The van der Waals surface area contributed by atoms with Crippen molar-refractivity contribution in [2.75, 3.05) is 13.2 Å². The van der Waals surface area contributed by atoms with Crippen LogP contribution in [0.2, 0.25) is 0 Å². The van der Waals surface area contributed by atoms with E-state index in [0.29, 0.717) is 0 Å². The van der Waals surface area contributed by atoms with Crippen molar-refractivity contribution in [2.45, 2.75) is 45.8 Å². The number of ether oxygens (including phenoxy) is 2. The molecule has 2 heteroatoms. The molecule has 0 N–H and O–H groups in total. The molecule has 0 saturated heterocycles. The Labute approximate surface area is 76.3 Å². The third-order valence-corrected chi connectivity index (χ3v) is 1.40. The molecule has 0 saturated carbocycles. The van der Waals surface area contributed by atoms with E-state index in [0.717, 1.165) is 26.1 Å². The van der Waals surface area contributed by atoms with E-state index in [1.54, 1.807) is 0 Å². The molecule has 0 aliphatic rings. The van der Waals surface area contributed by atoms with Crippen LogP contribution in [0.4, 0.5) is 0 Å². The largest absolute Gasteiger partial charge is 0.381 e. The van der Waals surface area contributed by atoms with Crippen molar-refractivity contribution in [3.8, 4) is 0 Å². The van der Waals surface area contributed by atoms with Crippen molar-refractivity contribution < 1.29 is 9.47 Å². The average molecular weight is 173 g/mol. The van der Waals surface area contributed by atoms with Gasteiger partial charge < -0.3 is 9.47 Å². The second-order valence-corrected chi connectivity index (χ2v) is 3.21. The molecule has 0 bridgehead atoms. The maximum atomic E-state index is 5.44. The minimum atomic E-state index is 0.0712. The lowest BCUT2D eigenvalue weighted by molar-refractivity contribution is 0.0103. The summed E-state index contributed by atoms with van der Waals surface area (Å²) in [6.07, 6.45) is 2.30. The van der Waals surface area contributed by atoms with Crippen molar-refractivity contribution in [3.05, 3.63) is 6.92 Å². The lowest BCUT2D eigenvalue weighted by atomic mass is 10.3. The molecule has 2 nitrogen and oxygen atoms in total. The maximum absolute atomic E-state index is 5.44. The fourth-order valence-electron chi connectivity index (χ4n) is 0.914. The summed E-state index contributed by atoms with van der Waals surface area (Å²) in [4.78, 5) is 0. The Morgan fingerprint density at radius 2 is 1.92 bits per heavy atom. The minimum absolute atomic E-state index is 0.0712. The zero-order valence-electron chi connectivity index (χ0n) is 8.51. The van der Waals surface area contributed by atoms with E-state index in [4.69, 9.17) is 9.47 Å². The quantitative estimate of drug-likeness (QED) is 0.550. The molecule has 0 aliphatic carbocycles. The Hall–Kier alpha value is -0.0800. The van der Waals surface area contributed by atoms with E-state index < -0.39 is 0 Å². The molecule has 0 aromatic rings. The van der Waals surface area contributed by atoms with Crippen molar-refractivity contribution in [1.82, 2.24) is 0 Å². The fourth-order valence-corrected chi connectivity index (χ4v) is 0.914. The molecule has 0 amide bonds. The normalized spacial score (nSPS) is 13.8. The molecule has 1 unspecified atom stereocenters. The van der Waals surface area contributed by atoms with Gasteiger partial charge in [-0.05, 0) is 33.6 Å². The first-order valence-corrected chi connectivity index (χ1v) is 4.73. The van der Waals surface area contributed by atoms with Crippen LogP contribution in [0.1, 0.15) is 33.6 Å². The Morgan fingerprint density at radius 1 is 1.25 bits per heavy atom. The summed E-state index contributed by atoms with van der Waals surface area (Å²) >= 11 is 0. The van der Waals surface area contributed by atoms with Crippen LogP contribution >= 0.6 is 0 Å². The van der Waals surface area contributed by atoms with Crippen LogP contribution in [0, 0.1) is 6.92 Å². The predicted octanol–water partition coefficient (Wildman–Crippen LogP) is 2.43. The highest BCUT2D eigenvalue weighted by Crippen LogP contribution is 2.01. The standard InChI is InChI=1S/C10H21O2/c1-5-7-11-8-6-10(4)12-9(2)3/h9-10H,4-8H2,1-3H3. The van der Waals surface area contributed by atoms with Crippen LogP contribution < -0.4 is 0 Å². The Kier molecular flexibility index (Phi) is 7.51. The van der Waals surface area contributed by atoms with Gasteiger partial charge in [-0.1, -0.05) is 6.92 Å². The molecular weight excluding hydrogens is 152 g/mol. The van der Waals surface area contributed by atoms with Gasteiger partial charge in [0.05, 0.1) is 12.2 Å². The molecule has 0 heterocycles. The molecule has 1 atom stereocenters. The molecular formula is C10H21O2. The molecule has 0 aromatic carbocycles. The highest BCUT2D eigenvalue weighted by Gasteiger charge is 2.03. The van der Waals surface area contributed by atoms with Gasteiger partial charge in [0.25, 0.3) is 0 Å². The SMILES string of the molecule is [CH2]C(CCOCCC)OC(C)C. The number of rotatable bonds is 7. The van der Waals surface area contributed by atoms with E-state index >= 15 is 0 Å².